The summed E-state index contributed by atoms with van der Waals surface area (Å²) in [5.41, 5.74) is 0.748. The van der Waals surface area contributed by atoms with Crippen LogP contribution in [0.3, 0.4) is 0 Å². The summed E-state index contributed by atoms with van der Waals surface area (Å²) in [4.78, 5) is 16.9. The molecule has 2 aromatic heterocycles. The number of nitrogens with one attached hydrogen (secondary N) is 2. The van der Waals surface area contributed by atoms with Gasteiger partial charge in [-0.3, -0.25) is 5.32 Å². The highest BCUT2D eigenvalue weighted by molar-refractivity contribution is 5.89. The molecule has 0 radical (unpaired) electrons. The van der Waals surface area contributed by atoms with E-state index in [2.05, 4.69) is 25.9 Å². The Hall–Kier alpha value is -2.42. The molecule has 3 rings (SSSR count). The number of hydrogen-bond acceptors (Lipinski definition) is 7. The summed E-state index contributed by atoms with van der Waals surface area (Å²) in [6.45, 7) is 7.09. The summed E-state index contributed by atoms with van der Waals surface area (Å²) in [6, 6.07) is -0.770. The molecule has 1 aliphatic rings. The van der Waals surface area contributed by atoms with Crippen molar-refractivity contribution in [3.63, 3.8) is 0 Å². The Labute approximate surface area is 145 Å². The van der Waals surface area contributed by atoms with Crippen molar-refractivity contribution in [1.29, 1.82) is 0 Å². The van der Waals surface area contributed by atoms with Crippen LogP contribution in [0.15, 0.2) is 15.3 Å². The topological polar surface area (TPSA) is 115 Å². The van der Waals surface area contributed by atoms with E-state index in [1.165, 1.54) is 6.26 Å². The molecular weight excluding hydrogens is 326 g/mol. The van der Waals surface area contributed by atoms with Gasteiger partial charge in [0.15, 0.2) is 11.6 Å². The second kappa shape index (κ2) is 7.64. The van der Waals surface area contributed by atoms with Crippen LogP contribution in [0.25, 0.3) is 0 Å². The van der Waals surface area contributed by atoms with Crippen LogP contribution in [0.1, 0.15) is 55.9 Å². The van der Waals surface area contributed by atoms with Crippen LogP contribution in [-0.4, -0.2) is 34.5 Å². The largest absolute Gasteiger partial charge is 0.381 e. The lowest BCUT2D eigenvalue weighted by molar-refractivity contribution is 0.0506. The van der Waals surface area contributed by atoms with Gasteiger partial charge < -0.3 is 19.1 Å². The summed E-state index contributed by atoms with van der Waals surface area (Å²) >= 11 is 0. The highest BCUT2D eigenvalue weighted by Gasteiger charge is 2.32. The van der Waals surface area contributed by atoms with Crippen molar-refractivity contribution < 1.29 is 18.6 Å². The number of rotatable bonds is 5. The Balaban J connectivity index is 1.75. The number of aromatic nitrogens is 3. The molecule has 0 spiro atoms. The van der Waals surface area contributed by atoms with Crippen LogP contribution in [0.2, 0.25) is 0 Å². The number of anilines is 1. The maximum atomic E-state index is 12.4. The maximum absolute atomic E-state index is 12.4. The molecule has 0 saturated carbocycles. The third kappa shape index (κ3) is 4.16. The molecule has 136 valence electrons. The van der Waals surface area contributed by atoms with Crippen LogP contribution in [0.5, 0.6) is 0 Å². The van der Waals surface area contributed by atoms with Gasteiger partial charge in [0.2, 0.25) is 5.89 Å². The summed E-state index contributed by atoms with van der Waals surface area (Å²) in [5.74, 6) is 1.75. The normalized spacial score (nSPS) is 16.8. The Morgan fingerprint density at radius 1 is 1.28 bits per heavy atom. The van der Waals surface area contributed by atoms with Gasteiger partial charge in [0, 0.05) is 24.7 Å². The number of aryl methyl sites for hydroxylation is 1. The molecule has 1 fully saturated rings. The minimum absolute atomic E-state index is 0.152. The minimum Gasteiger partial charge on any atom is -0.381 e. The molecule has 1 saturated heterocycles. The highest BCUT2D eigenvalue weighted by Crippen LogP contribution is 2.30. The lowest BCUT2D eigenvalue weighted by atomic mass is 9.91. The molecular formula is C16H23N5O4. The lowest BCUT2D eigenvalue weighted by Crippen LogP contribution is -2.38. The molecule has 25 heavy (non-hydrogen) atoms. The van der Waals surface area contributed by atoms with Crippen LogP contribution in [0.4, 0.5) is 10.6 Å². The third-order valence-electron chi connectivity index (χ3n) is 4.24. The predicted molar refractivity (Wildman–Crippen MR) is 88.1 cm³/mol. The van der Waals surface area contributed by atoms with Crippen LogP contribution >= 0.6 is 0 Å². The smallest absolute Gasteiger partial charge is 0.321 e. The molecule has 0 unspecified atom stereocenters. The van der Waals surface area contributed by atoms with Gasteiger partial charge in [0.25, 0.3) is 0 Å². The van der Waals surface area contributed by atoms with E-state index in [9.17, 15) is 4.79 Å². The van der Waals surface area contributed by atoms with Crippen molar-refractivity contribution in [2.45, 2.75) is 45.6 Å². The fourth-order valence-corrected chi connectivity index (χ4v) is 2.73. The van der Waals surface area contributed by atoms with E-state index < -0.39 is 6.03 Å². The molecule has 9 nitrogen and oxygen atoms in total. The van der Waals surface area contributed by atoms with E-state index in [-0.39, 0.29) is 17.9 Å². The van der Waals surface area contributed by atoms with Gasteiger partial charge in [0.1, 0.15) is 12.3 Å². The van der Waals surface area contributed by atoms with E-state index in [0.717, 1.165) is 18.4 Å². The van der Waals surface area contributed by atoms with Crippen molar-refractivity contribution in [2.75, 3.05) is 18.5 Å². The fraction of sp³-hybridized carbons (Fsp3) is 0.625. The molecule has 1 atom stereocenters. The van der Waals surface area contributed by atoms with E-state index in [1.54, 1.807) is 6.92 Å². The zero-order valence-corrected chi connectivity index (χ0v) is 14.6. The lowest BCUT2D eigenvalue weighted by Gasteiger charge is -2.28. The predicted octanol–water partition coefficient (Wildman–Crippen LogP) is 2.78. The molecule has 0 bridgehead atoms. The monoisotopic (exact) mass is 349 g/mol. The Kier molecular flexibility index (Phi) is 5.32. The third-order valence-corrected chi connectivity index (χ3v) is 4.24. The van der Waals surface area contributed by atoms with E-state index in [0.29, 0.717) is 30.7 Å². The molecule has 2 aromatic rings. The van der Waals surface area contributed by atoms with Crippen molar-refractivity contribution in [3.8, 4) is 0 Å². The van der Waals surface area contributed by atoms with E-state index >= 15 is 0 Å². The van der Waals surface area contributed by atoms with Gasteiger partial charge in [-0.25, -0.2) is 4.79 Å². The van der Waals surface area contributed by atoms with Gasteiger partial charge in [-0.2, -0.15) is 4.98 Å². The number of carbonyl (C=O) groups is 1. The van der Waals surface area contributed by atoms with Crippen LogP contribution < -0.4 is 10.6 Å². The number of urea groups is 1. The number of carbonyl (C=O) groups excluding carboxylic acids is 1. The SMILES string of the molecule is Cc1conc1NC(=O)N[C@@H](c1nc(C(C)C)no1)C1CCOCC1. The quantitative estimate of drug-likeness (QED) is 0.852. The number of hydrogen-bond donors (Lipinski definition) is 2. The molecule has 0 aliphatic carbocycles. The average molecular weight is 349 g/mol. The molecule has 2 amide bonds. The van der Waals surface area contributed by atoms with E-state index in [1.807, 2.05) is 13.8 Å². The van der Waals surface area contributed by atoms with Gasteiger partial charge in [0.05, 0.1) is 0 Å². The molecule has 0 aromatic carbocycles. The first kappa shape index (κ1) is 17.4. The fourth-order valence-electron chi connectivity index (χ4n) is 2.73. The van der Waals surface area contributed by atoms with Gasteiger partial charge >= 0.3 is 6.03 Å². The zero-order chi connectivity index (χ0) is 17.8. The van der Waals surface area contributed by atoms with Crippen molar-refractivity contribution in [3.05, 3.63) is 23.5 Å². The zero-order valence-electron chi connectivity index (χ0n) is 14.6. The Bertz CT molecular complexity index is 705. The highest BCUT2D eigenvalue weighted by atomic mass is 16.5. The van der Waals surface area contributed by atoms with Gasteiger partial charge in [-0.1, -0.05) is 24.2 Å². The first-order chi connectivity index (χ1) is 12.0. The van der Waals surface area contributed by atoms with Crippen LogP contribution in [0, 0.1) is 12.8 Å². The van der Waals surface area contributed by atoms with E-state index in [4.69, 9.17) is 13.8 Å². The first-order valence-corrected chi connectivity index (χ1v) is 8.44. The average Bonchev–Trinajstić information content (AvgIpc) is 3.23. The van der Waals surface area contributed by atoms with Crippen molar-refractivity contribution in [2.24, 2.45) is 5.92 Å². The minimum atomic E-state index is -0.391. The molecule has 1 aliphatic heterocycles. The maximum Gasteiger partial charge on any atom is 0.321 e. The van der Waals surface area contributed by atoms with Crippen LogP contribution in [-0.2, 0) is 4.74 Å². The second-order valence-corrected chi connectivity index (χ2v) is 6.52. The first-order valence-electron chi connectivity index (χ1n) is 8.44. The van der Waals surface area contributed by atoms with Gasteiger partial charge in [-0.05, 0) is 25.7 Å². The molecule has 2 N–H and O–H groups in total. The van der Waals surface area contributed by atoms with Gasteiger partial charge in [-0.15, -0.1) is 0 Å². The van der Waals surface area contributed by atoms with Crippen molar-refractivity contribution in [1.82, 2.24) is 20.6 Å². The molecule has 9 heteroatoms. The Morgan fingerprint density at radius 2 is 2.04 bits per heavy atom. The number of nitrogens with zero attached hydrogens (tertiary/aromatic N) is 3. The summed E-state index contributed by atoms with van der Waals surface area (Å²) < 4.78 is 15.7. The number of amides is 2. The van der Waals surface area contributed by atoms with Crippen molar-refractivity contribution >= 4 is 11.8 Å². The Morgan fingerprint density at radius 3 is 2.64 bits per heavy atom. The second-order valence-electron chi connectivity index (χ2n) is 6.52. The summed E-state index contributed by atoms with van der Waals surface area (Å²) in [5, 5.41) is 13.4. The molecule has 3 heterocycles. The standard InChI is InChI=1S/C16H23N5O4/c1-9(2)13-18-15(25-21-13)12(11-4-6-23-7-5-11)17-16(22)19-14-10(3)8-24-20-14/h8-9,11-12H,4-7H2,1-3H3,(H2,17,19,20,22)/t12-/m1/s1. The number of ether oxygens (including phenoxy) is 1. The summed E-state index contributed by atoms with van der Waals surface area (Å²) in [6.07, 6.45) is 3.10. The summed E-state index contributed by atoms with van der Waals surface area (Å²) in [7, 11) is 0.